The van der Waals surface area contributed by atoms with Crippen molar-refractivity contribution < 1.29 is 9.90 Å². The largest absolute Gasteiger partial charge is 0.480 e. The van der Waals surface area contributed by atoms with Crippen LogP contribution in [-0.2, 0) is 17.9 Å². The number of benzene rings is 3. The number of anilines is 2. The van der Waals surface area contributed by atoms with E-state index in [9.17, 15) is 9.90 Å². The van der Waals surface area contributed by atoms with Crippen LogP contribution >= 0.6 is 0 Å². The molecule has 0 saturated heterocycles. The van der Waals surface area contributed by atoms with Crippen LogP contribution in [0.3, 0.4) is 0 Å². The number of nitrogens with zero attached hydrogens (tertiary/aromatic N) is 3. The van der Waals surface area contributed by atoms with Gasteiger partial charge in [-0.3, -0.25) is 9.69 Å². The molecule has 3 aromatic carbocycles. The van der Waals surface area contributed by atoms with E-state index >= 15 is 0 Å². The molecule has 0 aliphatic carbocycles. The van der Waals surface area contributed by atoms with Crippen molar-refractivity contribution in [3.8, 4) is 0 Å². The van der Waals surface area contributed by atoms with Crippen LogP contribution in [0.5, 0.6) is 0 Å². The van der Waals surface area contributed by atoms with Gasteiger partial charge in [0.15, 0.2) is 0 Å². The van der Waals surface area contributed by atoms with Gasteiger partial charge in [0, 0.05) is 84.8 Å². The molecule has 202 valence electrons. The molecule has 3 aromatic rings. The lowest BCUT2D eigenvalue weighted by atomic mass is 9.83. The Bertz CT molecular complexity index is 1110. The van der Waals surface area contributed by atoms with Crippen molar-refractivity contribution in [1.29, 1.82) is 0 Å². The first-order valence-corrected chi connectivity index (χ1v) is 13.3. The minimum Gasteiger partial charge on any atom is -0.480 e. The van der Waals surface area contributed by atoms with Gasteiger partial charge < -0.3 is 25.5 Å². The van der Waals surface area contributed by atoms with Crippen LogP contribution in [-0.4, -0.2) is 76.9 Å². The zero-order chi connectivity index (χ0) is 27.1. The third-order valence-corrected chi connectivity index (χ3v) is 7.12. The summed E-state index contributed by atoms with van der Waals surface area (Å²) < 4.78 is 0. The molecule has 0 amide bonds. The third kappa shape index (κ3) is 7.34. The molecule has 0 aromatic heterocycles. The normalized spacial score (nSPS) is 15.0. The van der Waals surface area contributed by atoms with E-state index < -0.39 is 5.97 Å². The van der Waals surface area contributed by atoms with E-state index in [0.717, 1.165) is 26.2 Å². The molecule has 0 saturated carbocycles. The minimum atomic E-state index is -0.782. The monoisotopic (exact) mass is 515 g/mol. The highest BCUT2D eigenvalue weighted by Gasteiger charge is 2.19. The van der Waals surface area contributed by atoms with Gasteiger partial charge in [0.25, 0.3) is 0 Å². The van der Waals surface area contributed by atoms with Gasteiger partial charge in [-0.05, 0) is 52.1 Å². The highest BCUT2D eigenvalue weighted by atomic mass is 16.4. The summed E-state index contributed by atoms with van der Waals surface area (Å²) in [5, 5.41) is 16.3. The Kier molecular flexibility index (Phi) is 9.39. The van der Waals surface area contributed by atoms with Crippen LogP contribution in [0.15, 0.2) is 66.7 Å². The van der Waals surface area contributed by atoms with Crippen molar-refractivity contribution in [3.05, 3.63) is 94.5 Å². The summed E-state index contributed by atoms with van der Waals surface area (Å²) in [6, 6.07) is 24.7. The zero-order valence-electron chi connectivity index (χ0n) is 23.1. The summed E-state index contributed by atoms with van der Waals surface area (Å²) in [6.07, 6.45) is 0. The molecular formula is C31H41N5O2. The number of hydrogen-bond acceptors (Lipinski definition) is 6. The second-order valence-corrected chi connectivity index (χ2v) is 10.5. The van der Waals surface area contributed by atoms with Gasteiger partial charge in [-0.1, -0.05) is 42.5 Å². The number of aliphatic carboxylic acids is 1. The summed E-state index contributed by atoms with van der Waals surface area (Å²) in [5.74, 6) is -0.671. The van der Waals surface area contributed by atoms with Crippen LogP contribution in [0.4, 0.5) is 11.4 Å². The molecule has 38 heavy (non-hydrogen) atoms. The number of nitrogens with one attached hydrogen (secondary N) is 2. The molecule has 0 unspecified atom stereocenters. The molecule has 0 radical (unpaired) electrons. The smallest absolute Gasteiger partial charge is 0.317 e. The Balaban J connectivity index is 1.68. The fourth-order valence-electron chi connectivity index (χ4n) is 5.07. The van der Waals surface area contributed by atoms with Gasteiger partial charge in [0.05, 0.1) is 6.54 Å². The number of carboxylic acids is 1. The number of hydrogen-bond donors (Lipinski definition) is 3. The van der Waals surface area contributed by atoms with Crippen LogP contribution in [0.25, 0.3) is 0 Å². The molecule has 7 nitrogen and oxygen atoms in total. The van der Waals surface area contributed by atoms with Gasteiger partial charge in [0.2, 0.25) is 0 Å². The maximum absolute atomic E-state index is 11.2. The highest BCUT2D eigenvalue weighted by Crippen LogP contribution is 2.35. The summed E-state index contributed by atoms with van der Waals surface area (Å²) in [5.41, 5.74) is 8.66. The Morgan fingerprint density at radius 3 is 1.61 bits per heavy atom. The molecule has 1 aliphatic rings. The Labute approximate surface area is 227 Å². The van der Waals surface area contributed by atoms with Gasteiger partial charge in [0.1, 0.15) is 0 Å². The topological polar surface area (TPSA) is 71.1 Å². The summed E-state index contributed by atoms with van der Waals surface area (Å²) >= 11 is 0. The summed E-state index contributed by atoms with van der Waals surface area (Å²) in [6.45, 7) is 4.46. The van der Waals surface area contributed by atoms with Crippen LogP contribution < -0.4 is 20.4 Å². The minimum absolute atomic E-state index is 0.0692. The number of fused-ring (bicyclic) bond motifs is 2. The predicted molar refractivity (Wildman–Crippen MR) is 156 cm³/mol. The second kappa shape index (κ2) is 12.9. The molecule has 3 N–H and O–H groups in total. The number of rotatable bonds is 7. The molecule has 2 bridgehead atoms. The van der Waals surface area contributed by atoms with E-state index in [1.165, 1.54) is 39.2 Å². The maximum atomic E-state index is 11.2. The first-order valence-electron chi connectivity index (χ1n) is 13.3. The van der Waals surface area contributed by atoms with E-state index in [-0.39, 0.29) is 12.5 Å². The third-order valence-electron chi connectivity index (χ3n) is 7.12. The Morgan fingerprint density at radius 2 is 1.21 bits per heavy atom. The summed E-state index contributed by atoms with van der Waals surface area (Å²) in [7, 11) is 8.27. The molecule has 1 aliphatic heterocycles. The lowest BCUT2D eigenvalue weighted by Gasteiger charge is -2.24. The van der Waals surface area contributed by atoms with Crippen LogP contribution in [0.2, 0.25) is 0 Å². The van der Waals surface area contributed by atoms with Gasteiger partial charge in [-0.25, -0.2) is 0 Å². The van der Waals surface area contributed by atoms with Crippen molar-refractivity contribution in [1.82, 2.24) is 15.5 Å². The molecule has 7 heteroatoms. The van der Waals surface area contributed by atoms with E-state index in [4.69, 9.17) is 0 Å². The van der Waals surface area contributed by atoms with Crippen molar-refractivity contribution in [3.63, 3.8) is 0 Å². The van der Waals surface area contributed by atoms with Crippen molar-refractivity contribution in [2.45, 2.75) is 19.0 Å². The second-order valence-electron chi connectivity index (χ2n) is 10.5. The average Bonchev–Trinajstić information content (AvgIpc) is 2.89. The molecular weight excluding hydrogens is 474 g/mol. The van der Waals surface area contributed by atoms with E-state index in [1.54, 1.807) is 0 Å². The molecule has 0 atom stereocenters. The first kappa shape index (κ1) is 27.6. The van der Waals surface area contributed by atoms with Crippen molar-refractivity contribution in [2.24, 2.45) is 0 Å². The standard InChI is InChI=1S/C31H41N5O2/c1-34(2)28-9-5-25(6-10-28)31(26-7-11-29(12-8-26)35(3)4)27-18-23-17-24(19-27)21-33-14-16-36(22-30(37)38)15-13-32-20-23/h5-12,17-19,31-33H,13-16,20-22H2,1-4H3,(H,37,38). The van der Waals surface area contributed by atoms with E-state index in [0.29, 0.717) is 13.1 Å². The average molecular weight is 516 g/mol. The number of carbonyl (C=O) groups is 1. The SMILES string of the molecule is CN(C)c1ccc(C(c2ccc(N(C)C)cc2)c2cc3cc(c2)CNCCN(CC(=O)O)CCNC3)cc1. The zero-order valence-corrected chi connectivity index (χ0v) is 23.1. The van der Waals surface area contributed by atoms with E-state index in [1.807, 2.05) is 4.90 Å². The molecule has 1 heterocycles. The maximum Gasteiger partial charge on any atom is 0.317 e. The molecule has 4 rings (SSSR count). The Hall–Kier alpha value is -3.39. The first-order chi connectivity index (χ1) is 18.3. The molecule has 0 spiro atoms. The highest BCUT2D eigenvalue weighted by molar-refractivity contribution is 5.69. The van der Waals surface area contributed by atoms with E-state index in [2.05, 4.69) is 115 Å². The van der Waals surface area contributed by atoms with Gasteiger partial charge >= 0.3 is 5.97 Å². The Morgan fingerprint density at radius 1 is 0.763 bits per heavy atom. The van der Waals surface area contributed by atoms with Crippen LogP contribution in [0, 0.1) is 0 Å². The summed E-state index contributed by atoms with van der Waals surface area (Å²) in [4.78, 5) is 17.5. The lowest BCUT2D eigenvalue weighted by Crippen LogP contribution is -2.40. The fourth-order valence-corrected chi connectivity index (χ4v) is 5.07. The van der Waals surface area contributed by atoms with Crippen LogP contribution in [0.1, 0.15) is 33.7 Å². The quantitative estimate of drug-likeness (QED) is 0.416. The predicted octanol–water partition coefficient (Wildman–Crippen LogP) is 3.58. The van der Waals surface area contributed by atoms with Gasteiger partial charge in [-0.2, -0.15) is 0 Å². The van der Waals surface area contributed by atoms with Crippen molar-refractivity contribution >= 4 is 17.3 Å². The molecule has 0 fully saturated rings. The number of carboxylic acid groups (broad SMARTS) is 1. The van der Waals surface area contributed by atoms with Crippen molar-refractivity contribution in [2.75, 3.05) is 70.7 Å². The lowest BCUT2D eigenvalue weighted by molar-refractivity contribution is -0.138. The fraction of sp³-hybridized carbons (Fsp3) is 0.387. The van der Waals surface area contributed by atoms with Gasteiger partial charge in [-0.15, -0.1) is 0 Å².